The molecule has 0 N–H and O–H groups in total. The predicted octanol–water partition coefficient (Wildman–Crippen LogP) is 2.24. The van der Waals surface area contributed by atoms with E-state index in [1.54, 1.807) is 7.11 Å². The van der Waals surface area contributed by atoms with Gasteiger partial charge in [-0.25, -0.2) is 0 Å². The van der Waals surface area contributed by atoms with Gasteiger partial charge in [0.25, 0.3) is 0 Å². The van der Waals surface area contributed by atoms with E-state index in [1.165, 1.54) is 5.20 Å². The van der Waals surface area contributed by atoms with Crippen molar-refractivity contribution in [1.82, 2.24) is 0 Å². The first kappa shape index (κ1) is 12.6. The molecule has 100 valence electrons. The topological polar surface area (TPSA) is 35.5 Å². The molecule has 4 aliphatic rings. The van der Waals surface area contributed by atoms with Crippen LogP contribution in [0.3, 0.4) is 0 Å². The van der Waals surface area contributed by atoms with Gasteiger partial charge in [0.05, 0.1) is 14.7 Å². The third-order valence-corrected chi connectivity index (χ3v) is 7.29. The number of hydrogen-bond donors (Lipinski definition) is 0. The summed E-state index contributed by atoms with van der Waals surface area (Å²) in [6.07, 6.45) is 2.26. The molecule has 0 aromatic heterocycles. The van der Waals surface area contributed by atoms with Crippen LogP contribution >= 0.6 is 0 Å². The number of methoxy groups -OCH3 is 1. The van der Waals surface area contributed by atoms with E-state index in [9.17, 15) is 4.79 Å². The zero-order valence-corrected chi connectivity index (χ0v) is 12.8. The Morgan fingerprint density at radius 3 is 2.67 bits per heavy atom. The van der Waals surface area contributed by atoms with Gasteiger partial charge < -0.3 is 9.47 Å². The molecule has 0 amide bonds. The summed E-state index contributed by atoms with van der Waals surface area (Å²) in [5.41, 5.74) is 0. The van der Waals surface area contributed by atoms with Crippen LogP contribution < -0.4 is 0 Å². The summed E-state index contributed by atoms with van der Waals surface area (Å²) in [7, 11) is 0.191. The molecule has 1 saturated heterocycles. The molecule has 0 unspecified atom stereocenters. The maximum Gasteiger partial charge on any atom is 0.236 e. The second-order valence-electron chi connectivity index (χ2n) is 6.95. The average molecular weight is 266 g/mol. The molecule has 0 aromatic rings. The molecule has 2 fully saturated rings. The molecule has 0 radical (unpaired) electrons. The minimum absolute atomic E-state index is 0.00387. The van der Waals surface area contributed by atoms with Gasteiger partial charge in [0, 0.05) is 18.9 Å². The van der Waals surface area contributed by atoms with Crippen molar-refractivity contribution in [2.24, 2.45) is 23.7 Å². The Balaban J connectivity index is 2.17. The first-order valence-corrected chi connectivity index (χ1v) is 10.3. The lowest BCUT2D eigenvalue weighted by atomic mass is 9.61. The van der Waals surface area contributed by atoms with Gasteiger partial charge in [-0.2, -0.15) is 0 Å². The van der Waals surface area contributed by atoms with Crippen molar-refractivity contribution in [3.63, 3.8) is 0 Å². The van der Waals surface area contributed by atoms with E-state index in [1.807, 2.05) is 0 Å². The quantitative estimate of drug-likeness (QED) is 0.719. The molecule has 4 heteroatoms. The summed E-state index contributed by atoms with van der Waals surface area (Å²) in [5, 5.41) is 1.48. The highest BCUT2D eigenvalue weighted by molar-refractivity contribution is 6.83. The number of carbonyl (C=O) groups excluding carboxylic acids is 1. The van der Waals surface area contributed by atoms with E-state index < -0.39 is 13.9 Å². The van der Waals surface area contributed by atoms with Gasteiger partial charge >= 0.3 is 0 Å². The van der Waals surface area contributed by atoms with Crippen molar-refractivity contribution in [1.29, 1.82) is 0 Å². The SMILES string of the molecule is CO[C@@]12OC[C@@H]3[C@@H](C)[C@@H](C=C([Si](C)(C)C)[C@@H]31)C2=O. The van der Waals surface area contributed by atoms with Crippen LogP contribution in [0.5, 0.6) is 0 Å². The van der Waals surface area contributed by atoms with Gasteiger partial charge in [-0.15, -0.1) is 0 Å². The summed E-state index contributed by atoms with van der Waals surface area (Å²) in [6.45, 7) is 9.89. The van der Waals surface area contributed by atoms with Gasteiger partial charge in [-0.1, -0.05) is 37.8 Å². The van der Waals surface area contributed by atoms with Crippen LogP contribution in [-0.4, -0.2) is 33.4 Å². The summed E-state index contributed by atoms with van der Waals surface area (Å²) >= 11 is 0. The van der Waals surface area contributed by atoms with Crippen molar-refractivity contribution < 1.29 is 14.3 Å². The lowest BCUT2D eigenvalue weighted by Gasteiger charge is -2.50. The average Bonchev–Trinajstić information content (AvgIpc) is 2.65. The number of ketones is 1. The van der Waals surface area contributed by atoms with Crippen molar-refractivity contribution in [2.45, 2.75) is 32.4 Å². The molecule has 0 aromatic carbocycles. The van der Waals surface area contributed by atoms with E-state index in [-0.39, 0.29) is 17.6 Å². The largest absolute Gasteiger partial charge is 0.347 e. The van der Waals surface area contributed by atoms with E-state index >= 15 is 0 Å². The Bertz CT molecular complexity index is 437. The lowest BCUT2D eigenvalue weighted by molar-refractivity contribution is -0.217. The standard InChI is InChI=1S/C14H22O3Si/c1-8-9-6-11(18(3,4)5)12-10(8)7-17-14(12,16-2)13(9)15/h6,8-10,12H,7H2,1-5H3/t8-,9+,10+,12+,14+/m0/s1. The Hall–Kier alpha value is -0.453. The fraction of sp³-hybridized carbons (Fsp3) is 0.786. The number of carbonyl (C=O) groups is 1. The molecule has 3 nitrogen and oxygen atoms in total. The summed E-state index contributed by atoms with van der Waals surface area (Å²) in [5.74, 6) is 0.225. The highest BCUT2D eigenvalue weighted by Crippen LogP contribution is 2.58. The fourth-order valence-corrected chi connectivity index (χ4v) is 6.08. The van der Waals surface area contributed by atoms with Gasteiger partial charge in [0.15, 0.2) is 5.78 Å². The number of ether oxygens (including phenoxy) is 2. The van der Waals surface area contributed by atoms with E-state index in [4.69, 9.17) is 9.47 Å². The molecule has 4 rings (SSSR count). The summed E-state index contributed by atoms with van der Waals surface area (Å²) < 4.78 is 11.5. The Labute approximate surface area is 110 Å². The molecule has 18 heavy (non-hydrogen) atoms. The zero-order chi connectivity index (χ0) is 13.3. The lowest BCUT2D eigenvalue weighted by Crippen LogP contribution is -2.61. The Kier molecular flexibility index (Phi) is 2.48. The van der Waals surface area contributed by atoms with Gasteiger partial charge in [-0.3, -0.25) is 4.79 Å². The van der Waals surface area contributed by atoms with E-state index in [0.29, 0.717) is 18.4 Å². The fourth-order valence-electron chi connectivity index (χ4n) is 4.07. The zero-order valence-electron chi connectivity index (χ0n) is 11.8. The molecule has 5 atom stereocenters. The van der Waals surface area contributed by atoms with Gasteiger partial charge in [0.2, 0.25) is 5.79 Å². The summed E-state index contributed by atoms with van der Waals surface area (Å²) in [4.78, 5) is 12.6. The first-order valence-electron chi connectivity index (χ1n) is 6.78. The highest BCUT2D eigenvalue weighted by atomic mass is 28.3. The number of rotatable bonds is 2. The van der Waals surface area contributed by atoms with Crippen LogP contribution in [-0.2, 0) is 14.3 Å². The molecule has 1 heterocycles. The molecule has 4 bridgehead atoms. The van der Waals surface area contributed by atoms with Crippen molar-refractivity contribution in [3.05, 3.63) is 11.3 Å². The normalized spacial score (nSPS) is 46.5. The van der Waals surface area contributed by atoms with E-state index in [0.717, 1.165) is 0 Å². The van der Waals surface area contributed by atoms with Crippen molar-refractivity contribution >= 4 is 13.9 Å². The van der Waals surface area contributed by atoms with Crippen molar-refractivity contribution in [2.75, 3.05) is 13.7 Å². The molecule has 0 spiro atoms. The van der Waals surface area contributed by atoms with Gasteiger partial charge in [0.1, 0.15) is 0 Å². The minimum Gasteiger partial charge on any atom is -0.347 e. The molecule has 1 aliphatic heterocycles. The Morgan fingerprint density at radius 1 is 1.44 bits per heavy atom. The maximum atomic E-state index is 12.6. The predicted molar refractivity (Wildman–Crippen MR) is 71.8 cm³/mol. The van der Waals surface area contributed by atoms with Crippen LogP contribution in [0.4, 0.5) is 0 Å². The number of allylic oxidation sites excluding steroid dienone is 1. The molecule has 3 aliphatic carbocycles. The van der Waals surface area contributed by atoms with Crippen LogP contribution in [0.25, 0.3) is 0 Å². The second kappa shape index (κ2) is 3.55. The minimum atomic E-state index is -1.43. The van der Waals surface area contributed by atoms with Crippen LogP contribution in [0.2, 0.25) is 19.6 Å². The smallest absolute Gasteiger partial charge is 0.236 e. The van der Waals surface area contributed by atoms with Crippen LogP contribution in [0.1, 0.15) is 6.92 Å². The van der Waals surface area contributed by atoms with Gasteiger partial charge in [-0.05, 0) is 11.8 Å². The number of Topliss-reactive ketones (excluding diaryl/α,β-unsaturated/α-hetero) is 1. The second-order valence-corrected chi connectivity index (χ2v) is 12.0. The Morgan fingerprint density at radius 2 is 2.11 bits per heavy atom. The molecular formula is C14H22O3Si. The molecular weight excluding hydrogens is 244 g/mol. The third-order valence-electron chi connectivity index (χ3n) is 5.08. The monoisotopic (exact) mass is 266 g/mol. The first-order chi connectivity index (χ1) is 8.33. The third kappa shape index (κ3) is 1.29. The van der Waals surface area contributed by atoms with Crippen molar-refractivity contribution in [3.8, 4) is 0 Å². The summed E-state index contributed by atoms with van der Waals surface area (Å²) in [6, 6.07) is 0. The molecule has 1 saturated carbocycles. The van der Waals surface area contributed by atoms with Crippen LogP contribution in [0.15, 0.2) is 11.3 Å². The highest BCUT2D eigenvalue weighted by Gasteiger charge is 2.68. The maximum absolute atomic E-state index is 12.6. The van der Waals surface area contributed by atoms with Crippen LogP contribution in [0, 0.1) is 23.7 Å². The number of hydrogen-bond acceptors (Lipinski definition) is 3. The van der Waals surface area contributed by atoms with E-state index in [2.05, 4.69) is 32.6 Å².